The fourth-order valence-electron chi connectivity index (χ4n) is 2.29. The van der Waals surface area contributed by atoms with Gasteiger partial charge in [-0.25, -0.2) is 25.9 Å². The Kier molecular flexibility index (Phi) is 4.56. The molecule has 3 rings (SSSR count). The van der Waals surface area contributed by atoms with Crippen molar-refractivity contribution in [1.29, 1.82) is 0 Å². The van der Waals surface area contributed by atoms with E-state index in [0.717, 1.165) is 29.3 Å². The summed E-state index contributed by atoms with van der Waals surface area (Å²) in [7, 11) is -6.67. The van der Waals surface area contributed by atoms with E-state index in [4.69, 9.17) is 0 Å². The van der Waals surface area contributed by atoms with Crippen LogP contribution in [0.25, 0.3) is 0 Å². The van der Waals surface area contributed by atoms with Crippen LogP contribution in [0.15, 0.2) is 58.3 Å². The van der Waals surface area contributed by atoms with E-state index < -0.39 is 25.9 Å². The number of benzene rings is 2. The van der Waals surface area contributed by atoms with Gasteiger partial charge < -0.3 is 0 Å². The molecule has 134 valence electrons. The Morgan fingerprint density at radius 2 is 1.64 bits per heavy atom. The van der Waals surface area contributed by atoms with Gasteiger partial charge in [0.2, 0.25) is 10.0 Å². The van der Waals surface area contributed by atoms with Crippen LogP contribution in [0.1, 0.15) is 12.8 Å². The van der Waals surface area contributed by atoms with Crippen LogP contribution >= 0.6 is 0 Å². The minimum absolute atomic E-state index is 0.0913. The van der Waals surface area contributed by atoms with Crippen LogP contribution in [-0.2, 0) is 20.0 Å². The maximum absolute atomic E-state index is 13.9. The molecule has 0 aliphatic heterocycles. The van der Waals surface area contributed by atoms with E-state index in [2.05, 4.69) is 4.72 Å². The number of anilines is 1. The van der Waals surface area contributed by atoms with Gasteiger partial charge in [-0.05, 0) is 43.2 Å². The Labute approximate surface area is 146 Å². The van der Waals surface area contributed by atoms with Crippen molar-refractivity contribution in [2.75, 3.05) is 11.4 Å². The molecule has 25 heavy (non-hydrogen) atoms. The van der Waals surface area contributed by atoms with Crippen LogP contribution in [0.4, 0.5) is 10.1 Å². The molecular weight excluding hydrogens is 367 g/mol. The van der Waals surface area contributed by atoms with Gasteiger partial charge in [-0.1, -0.05) is 18.2 Å². The molecule has 0 saturated heterocycles. The second-order valence-electron chi connectivity index (χ2n) is 5.79. The third-order valence-electron chi connectivity index (χ3n) is 3.87. The minimum atomic E-state index is -4.11. The maximum atomic E-state index is 13.9. The predicted octanol–water partition coefficient (Wildman–Crippen LogP) is 2.09. The van der Waals surface area contributed by atoms with Crippen molar-refractivity contribution in [3.63, 3.8) is 0 Å². The molecule has 2 aromatic carbocycles. The Bertz CT molecular complexity index is 1000. The summed E-state index contributed by atoms with van der Waals surface area (Å²) in [4.78, 5) is -0.362. The Balaban J connectivity index is 1.98. The number of hydrogen-bond donors (Lipinski definition) is 1. The molecule has 2 aromatic rings. The van der Waals surface area contributed by atoms with Crippen molar-refractivity contribution >= 4 is 25.7 Å². The maximum Gasteiger partial charge on any atom is 0.264 e. The summed E-state index contributed by atoms with van der Waals surface area (Å²) in [5, 5.41) is 0. The second kappa shape index (κ2) is 6.40. The fraction of sp³-hybridized carbons (Fsp3) is 0.250. The van der Waals surface area contributed by atoms with Gasteiger partial charge in [0, 0.05) is 13.1 Å². The zero-order valence-electron chi connectivity index (χ0n) is 13.4. The highest BCUT2D eigenvalue weighted by atomic mass is 32.2. The first kappa shape index (κ1) is 17.8. The van der Waals surface area contributed by atoms with E-state index in [1.165, 1.54) is 43.4 Å². The minimum Gasteiger partial charge on any atom is -0.266 e. The summed E-state index contributed by atoms with van der Waals surface area (Å²) >= 11 is 0. The lowest BCUT2D eigenvalue weighted by Gasteiger charge is -2.20. The van der Waals surface area contributed by atoms with E-state index in [9.17, 15) is 21.2 Å². The molecule has 0 atom stereocenters. The van der Waals surface area contributed by atoms with E-state index in [1.807, 2.05) is 0 Å². The molecule has 0 aromatic heterocycles. The Morgan fingerprint density at radius 1 is 1.00 bits per heavy atom. The smallest absolute Gasteiger partial charge is 0.264 e. The van der Waals surface area contributed by atoms with Crippen molar-refractivity contribution in [2.24, 2.45) is 0 Å². The lowest BCUT2D eigenvalue weighted by molar-refractivity contribution is 0.580. The molecule has 0 unspecified atom stereocenters. The number of rotatable bonds is 6. The van der Waals surface area contributed by atoms with Gasteiger partial charge in [0.25, 0.3) is 10.0 Å². The number of sulfonamides is 2. The predicted molar refractivity (Wildman–Crippen MR) is 91.8 cm³/mol. The summed E-state index contributed by atoms with van der Waals surface area (Å²) in [6, 6.07) is 10.4. The molecule has 1 aliphatic carbocycles. The molecule has 6 nitrogen and oxygen atoms in total. The van der Waals surface area contributed by atoms with Gasteiger partial charge in [0.1, 0.15) is 5.82 Å². The molecule has 0 heterocycles. The van der Waals surface area contributed by atoms with Crippen LogP contribution in [0.2, 0.25) is 0 Å². The molecule has 1 N–H and O–H groups in total. The Morgan fingerprint density at radius 3 is 2.28 bits per heavy atom. The first-order chi connectivity index (χ1) is 11.7. The molecule has 1 aliphatic rings. The number of para-hydroxylation sites is 1. The molecular formula is C16H17FN2O4S2. The third kappa shape index (κ3) is 3.68. The average Bonchev–Trinajstić information content (AvgIpc) is 3.38. The first-order valence-electron chi connectivity index (χ1n) is 7.58. The normalized spacial score (nSPS) is 15.1. The van der Waals surface area contributed by atoms with E-state index in [1.54, 1.807) is 0 Å². The van der Waals surface area contributed by atoms with Gasteiger partial charge in [-0.3, -0.25) is 4.31 Å². The summed E-state index contributed by atoms with van der Waals surface area (Å²) in [6.45, 7) is 0. The standard InChI is InChI=1S/C16H17FN2O4S2/c1-19(16-8-3-2-7-15(16)17)25(22,23)14-6-4-5-13(11-14)24(20,21)18-12-9-10-12/h2-8,11-12,18H,9-10H2,1H3. The zero-order valence-corrected chi connectivity index (χ0v) is 15.0. The zero-order chi connectivity index (χ0) is 18.2. The highest BCUT2D eigenvalue weighted by molar-refractivity contribution is 7.93. The summed E-state index contributed by atoms with van der Waals surface area (Å²) < 4.78 is 67.2. The second-order valence-corrected chi connectivity index (χ2v) is 9.48. The van der Waals surface area contributed by atoms with Crippen molar-refractivity contribution < 1.29 is 21.2 Å². The highest BCUT2D eigenvalue weighted by Gasteiger charge is 2.29. The lowest BCUT2D eigenvalue weighted by Crippen LogP contribution is -2.28. The van der Waals surface area contributed by atoms with Crippen molar-refractivity contribution in [1.82, 2.24) is 4.72 Å². The van der Waals surface area contributed by atoms with Gasteiger partial charge in [-0.15, -0.1) is 0 Å². The average molecular weight is 384 g/mol. The van der Waals surface area contributed by atoms with Gasteiger partial charge in [-0.2, -0.15) is 0 Å². The van der Waals surface area contributed by atoms with Crippen LogP contribution < -0.4 is 9.03 Å². The number of halogens is 1. The van der Waals surface area contributed by atoms with Crippen molar-refractivity contribution in [3.05, 3.63) is 54.3 Å². The lowest BCUT2D eigenvalue weighted by atomic mass is 10.3. The van der Waals surface area contributed by atoms with Crippen LogP contribution in [0.3, 0.4) is 0 Å². The fourth-order valence-corrected chi connectivity index (χ4v) is 4.96. The van der Waals surface area contributed by atoms with E-state index in [-0.39, 0.29) is 21.5 Å². The number of hydrogen-bond acceptors (Lipinski definition) is 4. The quantitative estimate of drug-likeness (QED) is 0.827. The Hall–Kier alpha value is -1.97. The van der Waals surface area contributed by atoms with Crippen molar-refractivity contribution in [3.8, 4) is 0 Å². The molecule has 0 spiro atoms. The first-order valence-corrected chi connectivity index (χ1v) is 10.5. The third-order valence-corrected chi connectivity index (χ3v) is 7.15. The largest absolute Gasteiger partial charge is 0.266 e. The van der Waals surface area contributed by atoms with Crippen LogP contribution in [0, 0.1) is 5.82 Å². The summed E-state index contributed by atoms with van der Waals surface area (Å²) in [5.41, 5.74) is -0.119. The molecule has 0 radical (unpaired) electrons. The number of nitrogens with one attached hydrogen (secondary N) is 1. The van der Waals surface area contributed by atoms with Gasteiger partial charge in [0.05, 0.1) is 15.5 Å². The molecule has 1 saturated carbocycles. The highest BCUT2D eigenvalue weighted by Crippen LogP contribution is 2.27. The topological polar surface area (TPSA) is 83.6 Å². The van der Waals surface area contributed by atoms with E-state index in [0.29, 0.717) is 0 Å². The molecule has 0 bridgehead atoms. The molecule has 9 heteroatoms. The van der Waals surface area contributed by atoms with Crippen LogP contribution in [-0.4, -0.2) is 29.9 Å². The molecule has 1 fully saturated rings. The summed E-state index contributed by atoms with van der Waals surface area (Å²) in [5.74, 6) is -0.687. The number of nitrogens with zero attached hydrogens (tertiary/aromatic N) is 1. The van der Waals surface area contributed by atoms with E-state index >= 15 is 0 Å². The SMILES string of the molecule is CN(c1ccccc1F)S(=O)(=O)c1cccc(S(=O)(=O)NC2CC2)c1. The molecule has 0 amide bonds. The van der Waals surface area contributed by atoms with Gasteiger partial charge in [0.15, 0.2) is 0 Å². The van der Waals surface area contributed by atoms with Gasteiger partial charge >= 0.3 is 0 Å². The van der Waals surface area contributed by atoms with Crippen LogP contribution in [0.5, 0.6) is 0 Å². The monoisotopic (exact) mass is 384 g/mol. The van der Waals surface area contributed by atoms with Crippen molar-refractivity contribution in [2.45, 2.75) is 28.7 Å². The summed E-state index contributed by atoms with van der Waals surface area (Å²) in [6.07, 6.45) is 1.54.